The number of hydrogen-bond acceptors (Lipinski definition) is 7. The predicted molar refractivity (Wildman–Crippen MR) is 132 cm³/mol. The number of hydrogen-bond donors (Lipinski definition) is 3. The maximum absolute atomic E-state index is 12.5. The smallest absolute Gasteiger partial charge is 0.235 e. The summed E-state index contributed by atoms with van der Waals surface area (Å²) < 4.78 is 1.09. The molecular formula is C25H40N4O5S. The maximum Gasteiger partial charge on any atom is 0.235 e. The van der Waals surface area contributed by atoms with Crippen LogP contribution in [0.2, 0.25) is 0 Å². The molecule has 4 heterocycles. The van der Waals surface area contributed by atoms with Crippen LogP contribution in [0.5, 0.6) is 0 Å². The standard InChI is InChI=1S/C25H40N4O5S/c1-14-21-20(15(2)30)24(32)28(21)22(25(33)34)23(14)35-18-11-17(27-13-18)12-19(31)26-8-5-16-6-9-29(3,4)10-7-16/h14-18,20-21,27,30H,5-13H2,1-4H3,(H-,26,31,33,34)/t14-,15-,17+,18+,20-,21-/m1/s1. The minimum absolute atomic E-state index is 0.0412. The lowest BCUT2D eigenvalue weighted by Crippen LogP contribution is -2.64. The van der Waals surface area contributed by atoms with E-state index in [1.54, 1.807) is 6.92 Å². The highest BCUT2D eigenvalue weighted by molar-refractivity contribution is 8.03. The van der Waals surface area contributed by atoms with Crippen LogP contribution in [0.1, 0.15) is 46.0 Å². The Kier molecular flexibility index (Phi) is 7.85. The quantitative estimate of drug-likeness (QED) is 0.288. The summed E-state index contributed by atoms with van der Waals surface area (Å²) in [5.41, 5.74) is -0.0412. The third-order valence-electron chi connectivity index (χ3n) is 8.37. The predicted octanol–water partition coefficient (Wildman–Crippen LogP) is -0.348. The number of aliphatic hydroxyl groups is 1. The van der Waals surface area contributed by atoms with Gasteiger partial charge in [-0.25, -0.2) is 0 Å². The van der Waals surface area contributed by atoms with E-state index in [1.165, 1.54) is 42.6 Å². The van der Waals surface area contributed by atoms with Gasteiger partial charge in [0.15, 0.2) is 0 Å². The lowest BCUT2D eigenvalue weighted by Gasteiger charge is -2.47. The van der Waals surface area contributed by atoms with Crippen molar-refractivity contribution in [2.45, 2.75) is 69.4 Å². The number of carboxylic acids is 1. The molecule has 4 rings (SSSR count). The Bertz CT molecular complexity index is 881. The van der Waals surface area contributed by atoms with Crippen LogP contribution in [0.15, 0.2) is 10.6 Å². The summed E-state index contributed by atoms with van der Waals surface area (Å²) in [6.07, 6.45) is 3.81. The SMILES string of the molecule is C[C@@H](O)[C@H]1C(=O)N2C(C(=O)[O-])=C(S[C@@H]3CN[C@H](CC(=O)NCCC4CC[N+](C)(C)CC4)C3)[C@H](C)[C@H]12. The number of β-lactam (4-membered cyclic amide) rings is 1. The molecule has 0 radical (unpaired) electrons. The Morgan fingerprint density at radius 2 is 2.00 bits per heavy atom. The number of aliphatic carboxylic acids is 1. The molecule has 4 aliphatic heterocycles. The van der Waals surface area contributed by atoms with Crippen LogP contribution < -0.4 is 15.7 Å². The number of amides is 2. The second kappa shape index (κ2) is 10.4. The average Bonchev–Trinajstić information content (AvgIpc) is 3.30. The van der Waals surface area contributed by atoms with E-state index < -0.39 is 18.0 Å². The summed E-state index contributed by atoms with van der Waals surface area (Å²) in [5, 5.41) is 28.5. The van der Waals surface area contributed by atoms with E-state index in [0.29, 0.717) is 23.8 Å². The molecule has 0 unspecified atom stereocenters. The molecule has 6 atom stereocenters. The minimum Gasteiger partial charge on any atom is -0.543 e. The van der Waals surface area contributed by atoms with E-state index in [1.807, 2.05) is 6.92 Å². The van der Waals surface area contributed by atoms with Gasteiger partial charge in [0.1, 0.15) is 0 Å². The molecule has 3 N–H and O–H groups in total. The number of nitrogens with zero attached hydrogens (tertiary/aromatic N) is 2. The topological polar surface area (TPSA) is 122 Å². The van der Waals surface area contributed by atoms with Gasteiger partial charge in [-0.05, 0) is 38.5 Å². The van der Waals surface area contributed by atoms with Gasteiger partial charge in [-0.15, -0.1) is 11.8 Å². The average molecular weight is 509 g/mol. The van der Waals surface area contributed by atoms with E-state index in [-0.39, 0.29) is 40.8 Å². The zero-order chi connectivity index (χ0) is 25.5. The molecule has 3 saturated heterocycles. The van der Waals surface area contributed by atoms with Crippen molar-refractivity contribution in [3.63, 3.8) is 0 Å². The highest BCUT2D eigenvalue weighted by Crippen LogP contribution is 2.51. The minimum atomic E-state index is -1.35. The normalized spacial score (nSPS) is 33.5. The number of nitrogens with one attached hydrogen (secondary N) is 2. The molecule has 0 aliphatic carbocycles. The molecule has 10 heteroatoms. The van der Waals surface area contributed by atoms with Gasteiger partial charge in [0, 0.05) is 41.6 Å². The van der Waals surface area contributed by atoms with Gasteiger partial charge < -0.3 is 35.0 Å². The number of quaternary nitrogens is 1. The van der Waals surface area contributed by atoms with Crippen molar-refractivity contribution in [1.82, 2.24) is 15.5 Å². The highest BCUT2D eigenvalue weighted by Gasteiger charge is 2.59. The Morgan fingerprint density at radius 1 is 1.31 bits per heavy atom. The van der Waals surface area contributed by atoms with Gasteiger partial charge in [0.25, 0.3) is 0 Å². The Hall–Kier alpha value is -1.62. The highest BCUT2D eigenvalue weighted by atomic mass is 32.2. The van der Waals surface area contributed by atoms with Gasteiger partial charge in [0.05, 0.1) is 56.9 Å². The summed E-state index contributed by atoms with van der Waals surface area (Å²) in [5.74, 6) is -1.69. The van der Waals surface area contributed by atoms with Crippen LogP contribution in [0.25, 0.3) is 0 Å². The van der Waals surface area contributed by atoms with Crippen molar-refractivity contribution >= 4 is 29.5 Å². The molecule has 2 amide bonds. The number of piperidine rings is 1. The Morgan fingerprint density at radius 3 is 2.63 bits per heavy atom. The molecule has 0 aromatic heterocycles. The molecule has 0 aromatic rings. The van der Waals surface area contributed by atoms with Crippen LogP contribution >= 0.6 is 11.8 Å². The number of fused-ring (bicyclic) bond motifs is 1. The third-order valence-corrected chi connectivity index (χ3v) is 9.88. The third kappa shape index (κ3) is 5.55. The number of carbonyl (C=O) groups excluding carboxylic acids is 3. The molecule has 3 fully saturated rings. The van der Waals surface area contributed by atoms with Crippen molar-refractivity contribution in [3.8, 4) is 0 Å². The van der Waals surface area contributed by atoms with Gasteiger partial charge >= 0.3 is 0 Å². The van der Waals surface area contributed by atoms with Crippen LogP contribution in [-0.2, 0) is 14.4 Å². The lowest BCUT2D eigenvalue weighted by molar-refractivity contribution is -0.896. The molecule has 196 valence electrons. The van der Waals surface area contributed by atoms with E-state index in [9.17, 15) is 24.6 Å². The number of thioether (sulfide) groups is 1. The summed E-state index contributed by atoms with van der Waals surface area (Å²) in [4.78, 5) is 38.8. The van der Waals surface area contributed by atoms with E-state index >= 15 is 0 Å². The first-order valence-corrected chi connectivity index (χ1v) is 13.8. The number of carbonyl (C=O) groups is 3. The first kappa shape index (κ1) is 26.4. The largest absolute Gasteiger partial charge is 0.543 e. The maximum atomic E-state index is 12.5. The zero-order valence-corrected chi connectivity index (χ0v) is 22.1. The van der Waals surface area contributed by atoms with E-state index in [4.69, 9.17) is 0 Å². The molecule has 0 saturated carbocycles. The number of carboxylic acid groups (broad SMARTS) is 1. The summed E-state index contributed by atoms with van der Waals surface area (Å²) in [7, 11) is 4.55. The second-order valence-electron chi connectivity index (χ2n) is 11.5. The van der Waals surface area contributed by atoms with Crippen molar-refractivity contribution in [2.24, 2.45) is 17.8 Å². The molecule has 9 nitrogen and oxygen atoms in total. The van der Waals surface area contributed by atoms with Gasteiger partial charge in [-0.2, -0.15) is 0 Å². The Balaban J connectivity index is 1.24. The summed E-state index contributed by atoms with van der Waals surface area (Å²) in [6.45, 7) is 7.28. The summed E-state index contributed by atoms with van der Waals surface area (Å²) in [6, 6.07) is -0.282. The van der Waals surface area contributed by atoms with Crippen molar-refractivity contribution < 1.29 is 29.1 Å². The van der Waals surface area contributed by atoms with Gasteiger partial charge in [-0.3, -0.25) is 9.59 Å². The number of aliphatic hydroxyl groups excluding tert-OH is 1. The number of likely N-dealkylation sites (tertiary alicyclic amines) is 1. The molecular weight excluding hydrogens is 468 g/mol. The first-order valence-electron chi connectivity index (χ1n) is 12.9. The van der Waals surface area contributed by atoms with Crippen LogP contribution in [0, 0.1) is 17.8 Å². The fourth-order valence-electron chi connectivity index (χ4n) is 6.20. The van der Waals surface area contributed by atoms with Gasteiger partial charge in [-0.1, -0.05) is 6.92 Å². The molecule has 0 spiro atoms. The molecule has 0 aromatic carbocycles. The fraction of sp³-hybridized carbons (Fsp3) is 0.800. The van der Waals surface area contributed by atoms with E-state index in [2.05, 4.69) is 24.7 Å². The fourth-order valence-corrected chi connectivity index (χ4v) is 7.71. The van der Waals surface area contributed by atoms with Crippen molar-refractivity contribution in [3.05, 3.63) is 10.6 Å². The first-order chi connectivity index (χ1) is 16.5. The Labute approximate surface area is 212 Å². The molecule has 35 heavy (non-hydrogen) atoms. The van der Waals surface area contributed by atoms with Crippen LogP contribution in [0.3, 0.4) is 0 Å². The van der Waals surface area contributed by atoms with Crippen LogP contribution in [0.4, 0.5) is 0 Å². The van der Waals surface area contributed by atoms with Crippen molar-refractivity contribution in [2.75, 3.05) is 40.3 Å². The lowest BCUT2D eigenvalue weighted by atomic mass is 9.79. The van der Waals surface area contributed by atoms with Crippen LogP contribution in [-0.4, -0.2) is 96.0 Å². The number of rotatable bonds is 9. The molecule has 4 aliphatic rings. The zero-order valence-electron chi connectivity index (χ0n) is 21.3. The van der Waals surface area contributed by atoms with Gasteiger partial charge in [0.2, 0.25) is 11.8 Å². The van der Waals surface area contributed by atoms with E-state index in [0.717, 1.165) is 23.9 Å². The van der Waals surface area contributed by atoms with Crippen molar-refractivity contribution in [1.29, 1.82) is 0 Å². The summed E-state index contributed by atoms with van der Waals surface area (Å²) >= 11 is 1.48. The second-order valence-corrected chi connectivity index (χ2v) is 12.8. The molecule has 0 bridgehead atoms. The monoisotopic (exact) mass is 508 g/mol.